The van der Waals surface area contributed by atoms with Crippen molar-refractivity contribution in [3.63, 3.8) is 0 Å². The topological polar surface area (TPSA) is 74.4 Å². The number of aryl methyl sites for hydroxylation is 1. The first-order chi connectivity index (χ1) is 13.1. The molecule has 0 spiro atoms. The van der Waals surface area contributed by atoms with Crippen LogP contribution in [0.5, 0.6) is 11.5 Å². The zero-order valence-electron chi connectivity index (χ0n) is 15.7. The summed E-state index contributed by atoms with van der Waals surface area (Å²) in [6.45, 7) is 3.47. The summed E-state index contributed by atoms with van der Waals surface area (Å²) in [5.41, 5.74) is 1.36. The van der Waals surface area contributed by atoms with Gasteiger partial charge in [-0.25, -0.2) is 4.68 Å². The van der Waals surface area contributed by atoms with E-state index >= 15 is 0 Å². The molecule has 0 aliphatic heterocycles. The summed E-state index contributed by atoms with van der Waals surface area (Å²) in [6, 6.07) is 10.9. The molecule has 0 N–H and O–H groups in total. The van der Waals surface area contributed by atoms with Crippen molar-refractivity contribution < 1.29 is 14.3 Å². The van der Waals surface area contributed by atoms with E-state index in [1.165, 1.54) is 0 Å². The van der Waals surface area contributed by atoms with E-state index in [4.69, 9.17) is 9.47 Å². The Hall–Kier alpha value is -3.29. The maximum Gasteiger partial charge on any atom is 0.274 e. The molecule has 8 heteroatoms. The molecule has 1 amide bonds. The molecule has 27 heavy (non-hydrogen) atoms. The number of benzene rings is 1. The average Bonchev–Trinajstić information content (AvgIpc) is 3.35. The molecular weight excluding hydrogens is 346 g/mol. The van der Waals surface area contributed by atoms with Gasteiger partial charge in [-0.2, -0.15) is 10.2 Å². The summed E-state index contributed by atoms with van der Waals surface area (Å²) in [4.78, 5) is 14.2. The number of rotatable bonds is 8. The summed E-state index contributed by atoms with van der Waals surface area (Å²) in [5.74, 6) is 1.31. The van der Waals surface area contributed by atoms with Crippen molar-refractivity contribution in [1.29, 1.82) is 0 Å². The van der Waals surface area contributed by atoms with Crippen LogP contribution in [-0.2, 0) is 19.8 Å². The van der Waals surface area contributed by atoms with Gasteiger partial charge >= 0.3 is 0 Å². The molecule has 0 fully saturated rings. The van der Waals surface area contributed by atoms with E-state index < -0.39 is 0 Å². The molecule has 3 rings (SSSR count). The lowest BCUT2D eigenvalue weighted by atomic mass is 10.3. The van der Waals surface area contributed by atoms with Crippen LogP contribution in [0.4, 0.5) is 0 Å². The van der Waals surface area contributed by atoms with Gasteiger partial charge in [-0.3, -0.25) is 9.48 Å². The van der Waals surface area contributed by atoms with Gasteiger partial charge in [-0.05, 0) is 43.3 Å². The van der Waals surface area contributed by atoms with Gasteiger partial charge in [0.2, 0.25) is 0 Å². The zero-order valence-corrected chi connectivity index (χ0v) is 15.7. The van der Waals surface area contributed by atoms with E-state index in [2.05, 4.69) is 10.2 Å². The van der Waals surface area contributed by atoms with Crippen LogP contribution >= 0.6 is 0 Å². The number of hydrogen-bond acceptors (Lipinski definition) is 5. The van der Waals surface area contributed by atoms with Gasteiger partial charge in [-0.15, -0.1) is 0 Å². The molecule has 142 valence electrons. The Balaban J connectivity index is 1.58. The third kappa shape index (κ3) is 4.46. The van der Waals surface area contributed by atoms with Crippen LogP contribution in [0, 0.1) is 0 Å². The highest BCUT2D eigenvalue weighted by atomic mass is 16.5. The summed E-state index contributed by atoms with van der Waals surface area (Å²) >= 11 is 0. The molecule has 3 aromatic rings. The van der Waals surface area contributed by atoms with E-state index in [0.29, 0.717) is 18.0 Å². The maximum absolute atomic E-state index is 12.6. The smallest absolute Gasteiger partial charge is 0.274 e. The highest BCUT2D eigenvalue weighted by Crippen LogP contribution is 2.17. The van der Waals surface area contributed by atoms with Crippen molar-refractivity contribution >= 4 is 5.91 Å². The first-order valence-corrected chi connectivity index (χ1v) is 8.67. The van der Waals surface area contributed by atoms with Crippen molar-refractivity contribution in [3.05, 3.63) is 60.2 Å². The maximum atomic E-state index is 12.6. The van der Waals surface area contributed by atoms with Gasteiger partial charge in [0.05, 0.1) is 19.3 Å². The molecule has 0 atom stereocenters. The van der Waals surface area contributed by atoms with E-state index in [1.54, 1.807) is 42.2 Å². The molecule has 2 heterocycles. The largest absolute Gasteiger partial charge is 0.497 e. The Morgan fingerprint density at radius 2 is 1.89 bits per heavy atom. The van der Waals surface area contributed by atoms with Crippen molar-refractivity contribution in [3.8, 4) is 11.5 Å². The molecule has 8 nitrogen and oxygen atoms in total. The van der Waals surface area contributed by atoms with Gasteiger partial charge in [0, 0.05) is 26.0 Å². The van der Waals surface area contributed by atoms with E-state index in [-0.39, 0.29) is 12.6 Å². The van der Waals surface area contributed by atoms with Crippen molar-refractivity contribution in [2.24, 2.45) is 0 Å². The average molecular weight is 369 g/mol. The van der Waals surface area contributed by atoms with E-state index in [1.807, 2.05) is 41.9 Å². The van der Waals surface area contributed by atoms with Crippen LogP contribution in [0.25, 0.3) is 0 Å². The number of hydrogen-bond donors (Lipinski definition) is 0. The fourth-order valence-electron chi connectivity index (χ4n) is 2.65. The molecular formula is C19H23N5O3. The monoisotopic (exact) mass is 369 g/mol. The highest BCUT2D eigenvalue weighted by Gasteiger charge is 2.16. The van der Waals surface area contributed by atoms with Crippen LogP contribution in [-0.4, -0.2) is 44.5 Å². The molecule has 0 aliphatic carbocycles. The number of carbonyl (C=O) groups excluding carboxylic acids is 1. The first-order valence-electron chi connectivity index (χ1n) is 8.67. The molecule has 0 saturated heterocycles. The minimum Gasteiger partial charge on any atom is -0.497 e. The van der Waals surface area contributed by atoms with Crippen LogP contribution < -0.4 is 9.47 Å². The lowest BCUT2D eigenvalue weighted by molar-refractivity contribution is 0.0773. The van der Waals surface area contributed by atoms with Crippen LogP contribution in [0.1, 0.15) is 23.1 Å². The predicted octanol–water partition coefficient (Wildman–Crippen LogP) is 2.42. The van der Waals surface area contributed by atoms with E-state index in [9.17, 15) is 4.79 Å². The number of amides is 1. The first kappa shape index (κ1) is 18.5. The fraction of sp³-hybridized carbons (Fsp3) is 0.316. The number of ether oxygens (including phenoxy) is 2. The molecule has 0 radical (unpaired) electrons. The van der Waals surface area contributed by atoms with Crippen LogP contribution in [0.15, 0.2) is 48.8 Å². The Morgan fingerprint density at radius 3 is 2.59 bits per heavy atom. The third-order valence-corrected chi connectivity index (χ3v) is 4.13. The molecule has 0 unspecified atom stereocenters. The SMILES string of the molecule is CCn1nccc1CN(C)C(=O)c1ccn(COc2ccc(OC)cc2)n1. The molecule has 2 aromatic heterocycles. The summed E-state index contributed by atoms with van der Waals surface area (Å²) in [5, 5.41) is 8.53. The lowest BCUT2D eigenvalue weighted by Crippen LogP contribution is -2.28. The van der Waals surface area contributed by atoms with Crippen molar-refractivity contribution in [1.82, 2.24) is 24.5 Å². The van der Waals surface area contributed by atoms with E-state index in [0.717, 1.165) is 18.0 Å². The second-order valence-corrected chi connectivity index (χ2v) is 5.99. The van der Waals surface area contributed by atoms with Crippen LogP contribution in [0.3, 0.4) is 0 Å². The minimum absolute atomic E-state index is 0.151. The number of methoxy groups -OCH3 is 1. The van der Waals surface area contributed by atoms with Crippen molar-refractivity contribution in [2.45, 2.75) is 26.7 Å². The highest BCUT2D eigenvalue weighted by molar-refractivity contribution is 5.91. The Labute approximate surface area is 157 Å². The van der Waals surface area contributed by atoms with Gasteiger partial charge in [0.15, 0.2) is 12.4 Å². The normalized spacial score (nSPS) is 10.6. The zero-order chi connectivity index (χ0) is 19.2. The second kappa shape index (κ2) is 8.39. The number of nitrogens with zero attached hydrogens (tertiary/aromatic N) is 5. The molecule has 0 saturated carbocycles. The van der Waals surface area contributed by atoms with Crippen LogP contribution in [0.2, 0.25) is 0 Å². The van der Waals surface area contributed by atoms with Gasteiger partial charge in [0.1, 0.15) is 11.5 Å². The summed E-state index contributed by atoms with van der Waals surface area (Å²) in [7, 11) is 3.37. The Bertz CT molecular complexity index is 885. The van der Waals surface area contributed by atoms with Gasteiger partial charge < -0.3 is 14.4 Å². The predicted molar refractivity (Wildman–Crippen MR) is 99.5 cm³/mol. The quantitative estimate of drug-likeness (QED) is 0.610. The summed E-state index contributed by atoms with van der Waals surface area (Å²) in [6.07, 6.45) is 3.46. The standard InChI is InChI=1S/C19H23N5O3/c1-4-24-15(9-11-20-24)13-22(2)19(25)18-10-12-23(21-18)14-27-17-7-5-16(26-3)6-8-17/h5-12H,4,13-14H2,1-3H3. The molecule has 1 aromatic carbocycles. The van der Waals surface area contributed by atoms with Gasteiger partial charge in [0.25, 0.3) is 5.91 Å². The minimum atomic E-state index is -0.151. The fourth-order valence-corrected chi connectivity index (χ4v) is 2.65. The Morgan fingerprint density at radius 1 is 1.15 bits per heavy atom. The Kier molecular flexibility index (Phi) is 5.75. The summed E-state index contributed by atoms with van der Waals surface area (Å²) < 4.78 is 14.2. The van der Waals surface area contributed by atoms with Gasteiger partial charge in [-0.1, -0.05) is 0 Å². The molecule has 0 aliphatic rings. The third-order valence-electron chi connectivity index (χ3n) is 4.13. The molecule has 0 bridgehead atoms. The number of carbonyl (C=O) groups is 1. The number of aromatic nitrogens is 4. The van der Waals surface area contributed by atoms with Crippen molar-refractivity contribution in [2.75, 3.05) is 14.2 Å². The second-order valence-electron chi connectivity index (χ2n) is 5.99. The lowest BCUT2D eigenvalue weighted by Gasteiger charge is -2.16.